The van der Waals surface area contributed by atoms with Gasteiger partial charge in [0, 0.05) is 28.6 Å². The van der Waals surface area contributed by atoms with Crippen molar-refractivity contribution in [1.29, 1.82) is 0 Å². The zero-order valence-corrected chi connectivity index (χ0v) is 20.4. The lowest BCUT2D eigenvalue weighted by atomic mass is 9.72. The van der Waals surface area contributed by atoms with Crippen molar-refractivity contribution in [2.45, 2.75) is 24.8 Å². The average Bonchev–Trinajstić information content (AvgIpc) is 3.28. The molecule has 0 aliphatic heterocycles. The predicted octanol–water partition coefficient (Wildman–Crippen LogP) is 5.61. The van der Waals surface area contributed by atoms with Crippen LogP contribution >= 0.6 is 12.2 Å². The van der Waals surface area contributed by atoms with Gasteiger partial charge in [-0.05, 0) is 54.7 Å². The van der Waals surface area contributed by atoms with Crippen LogP contribution in [0.3, 0.4) is 0 Å². The summed E-state index contributed by atoms with van der Waals surface area (Å²) in [7, 11) is 0. The molecule has 0 amide bonds. The summed E-state index contributed by atoms with van der Waals surface area (Å²) in [5.41, 5.74) is 12.2. The van der Waals surface area contributed by atoms with Crippen LogP contribution in [0.1, 0.15) is 24.8 Å². The van der Waals surface area contributed by atoms with Crippen molar-refractivity contribution < 1.29 is 0 Å². The number of para-hydroxylation sites is 1. The highest BCUT2D eigenvalue weighted by Gasteiger charge is 2.34. The van der Waals surface area contributed by atoms with Crippen molar-refractivity contribution >= 4 is 34.7 Å². The Labute approximate surface area is 214 Å². The molecule has 8 heteroatoms. The molecule has 1 aliphatic carbocycles. The molecular weight excluding hydrogens is 466 g/mol. The van der Waals surface area contributed by atoms with Crippen LogP contribution in [0.15, 0.2) is 91.1 Å². The van der Waals surface area contributed by atoms with E-state index in [0.29, 0.717) is 16.8 Å². The van der Waals surface area contributed by atoms with Crippen LogP contribution in [0, 0.1) is 0 Å². The van der Waals surface area contributed by atoms with Crippen molar-refractivity contribution in [3.8, 4) is 22.4 Å². The number of nitrogens with one attached hydrogen (secondary N) is 2. The summed E-state index contributed by atoms with van der Waals surface area (Å²) < 4.78 is 1.68. The maximum atomic E-state index is 6.54. The first-order valence-electron chi connectivity index (χ1n) is 11.9. The lowest BCUT2D eigenvalue weighted by Gasteiger charge is -2.38. The maximum absolute atomic E-state index is 6.54. The van der Waals surface area contributed by atoms with Gasteiger partial charge in [0.25, 0.3) is 11.7 Å². The van der Waals surface area contributed by atoms with Gasteiger partial charge in [0.15, 0.2) is 5.11 Å². The van der Waals surface area contributed by atoms with E-state index in [0.717, 1.165) is 40.9 Å². The Kier molecular flexibility index (Phi) is 5.67. The highest BCUT2D eigenvalue weighted by Crippen LogP contribution is 2.39. The molecule has 1 saturated carbocycles. The number of nitrogens with two attached hydrogens (primary N) is 1. The molecule has 0 bridgehead atoms. The van der Waals surface area contributed by atoms with Crippen LogP contribution in [0.5, 0.6) is 0 Å². The lowest BCUT2D eigenvalue weighted by Crippen LogP contribution is -2.43. The molecule has 36 heavy (non-hydrogen) atoms. The van der Waals surface area contributed by atoms with E-state index in [1.165, 1.54) is 12.0 Å². The van der Waals surface area contributed by atoms with Crippen LogP contribution in [0.25, 0.3) is 28.2 Å². The molecule has 178 valence electrons. The number of fused-ring (bicyclic) bond motifs is 1. The van der Waals surface area contributed by atoms with Gasteiger partial charge in [-0.1, -0.05) is 72.8 Å². The zero-order chi connectivity index (χ0) is 24.5. The lowest BCUT2D eigenvalue weighted by molar-refractivity contribution is 0.253. The predicted molar refractivity (Wildman–Crippen MR) is 148 cm³/mol. The molecule has 0 spiro atoms. The Morgan fingerprint density at radius 3 is 2.19 bits per heavy atom. The first-order chi connectivity index (χ1) is 17.6. The summed E-state index contributed by atoms with van der Waals surface area (Å²) in [4.78, 5) is 9.49. The second kappa shape index (κ2) is 9.14. The minimum atomic E-state index is -0.196. The number of benzene rings is 3. The number of hydrogen-bond donors (Lipinski definition) is 3. The Bertz CT molecular complexity index is 1530. The molecule has 0 atom stereocenters. The number of rotatable bonds is 5. The number of anilines is 2. The van der Waals surface area contributed by atoms with Gasteiger partial charge in [-0.3, -0.25) is 5.32 Å². The van der Waals surface area contributed by atoms with Gasteiger partial charge in [0.1, 0.15) is 0 Å². The van der Waals surface area contributed by atoms with E-state index in [1.54, 1.807) is 4.52 Å². The van der Waals surface area contributed by atoms with Crippen LogP contribution in [-0.2, 0) is 5.54 Å². The molecule has 3 aromatic carbocycles. The third kappa shape index (κ3) is 4.32. The summed E-state index contributed by atoms with van der Waals surface area (Å²) in [6.07, 6.45) is 5.20. The minimum Gasteiger partial charge on any atom is -0.332 e. The fraction of sp³-hybridized carbons (Fsp3) is 0.143. The molecule has 7 nitrogen and oxygen atoms in total. The van der Waals surface area contributed by atoms with E-state index in [9.17, 15) is 0 Å². The molecule has 5 aromatic rings. The number of thiocarbonyl (C=S) groups is 1. The van der Waals surface area contributed by atoms with Gasteiger partial charge in [-0.15, -0.1) is 5.10 Å². The molecule has 2 aromatic heterocycles. The Morgan fingerprint density at radius 2 is 1.53 bits per heavy atom. The van der Waals surface area contributed by atoms with E-state index in [-0.39, 0.29) is 5.54 Å². The van der Waals surface area contributed by atoms with Gasteiger partial charge in [0.05, 0.1) is 5.69 Å². The van der Waals surface area contributed by atoms with Gasteiger partial charge < -0.3 is 11.1 Å². The summed E-state index contributed by atoms with van der Waals surface area (Å²) in [5.74, 6) is 0.852. The molecule has 1 aliphatic rings. The average molecular weight is 492 g/mol. The molecule has 4 N–H and O–H groups in total. The fourth-order valence-electron chi connectivity index (χ4n) is 4.52. The Hall–Kier alpha value is -4.14. The molecular formula is C28H25N7S. The van der Waals surface area contributed by atoms with E-state index < -0.39 is 0 Å². The van der Waals surface area contributed by atoms with E-state index >= 15 is 0 Å². The molecule has 2 heterocycles. The van der Waals surface area contributed by atoms with Crippen LogP contribution in [0.4, 0.5) is 11.6 Å². The van der Waals surface area contributed by atoms with E-state index in [4.69, 9.17) is 22.9 Å². The standard InChI is InChI=1S/C28H25N7S/c29-28(16-7-17-28)21-14-12-20(13-15-21)24-23(19-8-3-1-4-9-19)18-35-26(31-24)32-25(34-35)33-27(36)30-22-10-5-2-6-11-22/h1-6,8-15,18H,7,16-17,29H2,(H2,30,33,34,36). The molecule has 0 unspecified atom stereocenters. The van der Waals surface area contributed by atoms with Gasteiger partial charge >= 0.3 is 0 Å². The minimum absolute atomic E-state index is 0.196. The van der Waals surface area contributed by atoms with Crippen molar-refractivity contribution in [2.24, 2.45) is 5.73 Å². The second-order valence-corrected chi connectivity index (χ2v) is 9.49. The topological polar surface area (TPSA) is 93.2 Å². The fourth-order valence-corrected chi connectivity index (χ4v) is 4.72. The van der Waals surface area contributed by atoms with Crippen molar-refractivity contribution in [3.05, 3.63) is 96.7 Å². The third-order valence-electron chi connectivity index (χ3n) is 6.65. The quantitative estimate of drug-likeness (QED) is 0.275. The van der Waals surface area contributed by atoms with Gasteiger partial charge in [-0.25, -0.2) is 9.50 Å². The number of nitrogens with zero attached hydrogens (tertiary/aromatic N) is 4. The summed E-state index contributed by atoms with van der Waals surface area (Å²) in [6.45, 7) is 0. The summed E-state index contributed by atoms with van der Waals surface area (Å²) >= 11 is 5.44. The van der Waals surface area contributed by atoms with E-state index in [1.807, 2.05) is 54.7 Å². The molecule has 0 saturated heterocycles. The zero-order valence-electron chi connectivity index (χ0n) is 19.6. The molecule has 6 rings (SSSR count). The van der Waals surface area contributed by atoms with E-state index in [2.05, 4.69) is 57.1 Å². The van der Waals surface area contributed by atoms with Gasteiger partial charge in [-0.2, -0.15) is 4.98 Å². The van der Waals surface area contributed by atoms with Crippen molar-refractivity contribution in [2.75, 3.05) is 10.6 Å². The van der Waals surface area contributed by atoms with Crippen LogP contribution < -0.4 is 16.4 Å². The van der Waals surface area contributed by atoms with Crippen LogP contribution in [-0.4, -0.2) is 24.7 Å². The number of aromatic nitrogens is 4. The third-order valence-corrected chi connectivity index (χ3v) is 6.86. The Balaban J connectivity index is 1.36. The van der Waals surface area contributed by atoms with Crippen molar-refractivity contribution in [1.82, 2.24) is 19.6 Å². The molecule has 1 fully saturated rings. The highest BCUT2D eigenvalue weighted by molar-refractivity contribution is 7.80. The second-order valence-electron chi connectivity index (χ2n) is 9.08. The normalized spacial score (nSPS) is 14.2. The largest absolute Gasteiger partial charge is 0.332 e. The van der Waals surface area contributed by atoms with Gasteiger partial charge in [0.2, 0.25) is 0 Å². The number of hydrogen-bond acceptors (Lipinski definition) is 5. The van der Waals surface area contributed by atoms with Crippen molar-refractivity contribution in [3.63, 3.8) is 0 Å². The molecule has 0 radical (unpaired) electrons. The SMILES string of the molecule is NC1(c2ccc(-c3nc4nc(NC(=S)Nc5ccccc5)nn4cc3-c3ccccc3)cc2)CCC1. The summed E-state index contributed by atoms with van der Waals surface area (Å²) in [6, 6.07) is 28.3. The van der Waals surface area contributed by atoms with Crippen LogP contribution in [0.2, 0.25) is 0 Å². The smallest absolute Gasteiger partial charge is 0.254 e. The summed E-state index contributed by atoms with van der Waals surface area (Å²) in [5, 5.41) is 11.2. The maximum Gasteiger partial charge on any atom is 0.254 e. The highest BCUT2D eigenvalue weighted by atomic mass is 32.1. The first-order valence-corrected chi connectivity index (χ1v) is 12.3. The monoisotopic (exact) mass is 491 g/mol. The first kappa shape index (κ1) is 22.3. The Morgan fingerprint density at radius 1 is 0.833 bits per heavy atom.